The van der Waals surface area contributed by atoms with Gasteiger partial charge in [-0.2, -0.15) is 0 Å². The summed E-state index contributed by atoms with van der Waals surface area (Å²) < 4.78 is 7.31. The molecule has 0 fully saturated rings. The van der Waals surface area contributed by atoms with Gasteiger partial charge in [0.2, 0.25) is 0 Å². The summed E-state index contributed by atoms with van der Waals surface area (Å²) in [6, 6.07) is 11.0. The van der Waals surface area contributed by atoms with Crippen LogP contribution in [0.25, 0.3) is 11.4 Å². The fourth-order valence-electron chi connectivity index (χ4n) is 2.50. The van der Waals surface area contributed by atoms with E-state index in [-0.39, 0.29) is 11.0 Å². The minimum atomic E-state index is -0.277. The van der Waals surface area contributed by atoms with Crippen molar-refractivity contribution >= 4 is 17.5 Å². The van der Waals surface area contributed by atoms with Crippen molar-refractivity contribution in [3.05, 3.63) is 54.4 Å². The zero-order valence-electron chi connectivity index (χ0n) is 14.9. The normalized spacial score (nSPS) is 12.0. The molecule has 134 valence electrons. The molecule has 0 aliphatic heterocycles. The van der Waals surface area contributed by atoms with E-state index >= 15 is 0 Å². The summed E-state index contributed by atoms with van der Waals surface area (Å²) in [5, 5.41) is 8.89. The Balaban J connectivity index is 1.72. The number of hydrogen-bond donors (Lipinski definition) is 0. The molecule has 0 aliphatic carbocycles. The maximum atomic E-state index is 12.7. The van der Waals surface area contributed by atoms with Crippen LogP contribution in [-0.4, -0.2) is 37.4 Å². The molecule has 1 aromatic carbocycles. The molecule has 1 atom stereocenters. The molecule has 3 aromatic rings. The predicted octanol–water partition coefficient (Wildman–Crippen LogP) is 3.64. The van der Waals surface area contributed by atoms with Crippen molar-refractivity contribution in [1.82, 2.24) is 19.7 Å². The van der Waals surface area contributed by atoms with Crippen molar-refractivity contribution in [3.8, 4) is 17.1 Å². The number of aromatic nitrogens is 4. The highest BCUT2D eigenvalue weighted by atomic mass is 32.2. The van der Waals surface area contributed by atoms with E-state index in [0.29, 0.717) is 17.3 Å². The van der Waals surface area contributed by atoms with Crippen LogP contribution in [0, 0.1) is 0 Å². The van der Waals surface area contributed by atoms with E-state index in [4.69, 9.17) is 4.74 Å². The lowest BCUT2D eigenvalue weighted by Gasteiger charge is -2.11. The second-order valence-corrected chi connectivity index (χ2v) is 6.99. The fraction of sp³-hybridized carbons (Fsp3) is 0.263. The maximum absolute atomic E-state index is 12.7. The Hall–Kier alpha value is -2.67. The predicted molar refractivity (Wildman–Crippen MR) is 101 cm³/mol. The molecule has 7 heteroatoms. The van der Waals surface area contributed by atoms with Gasteiger partial charge in [-0.1, -0.05) is 11.8 Å². The molecule has 0 radical (unpaired) electrons. The molecule has 2 heterocycles. The van der Waals surface area contributed by atoms with Crippen molar-refractivity contribution in [2.24, 2.45) is 7.05 Å². The molecular formula is C19H20N4O2S. The average molecular weight is 368 g/mol. The third kappa shape index (κ3) is 3.94. The van der Waals surface area contributed by atoms with Crippen molar-refractivity contribution < 1.29 is 9.53 Å². The Kier molecular flexibility index (Phi) is 5.68. The number of thioether (sulfide) groups is 1. The molecule has 0 aliphatic rings. The maximum Gasteiger partial charge on any atom is 0.191 e. The summed E-state index contributed by atoms with van der Waals surface area (Å²) in [6.07, 6.45) is 3.43. The van der Waals surface area contributed by atoms with Crippen molar-refractivity contribution in [1.29, 1.82) is 0 Å². The number of carbonyl (C=O) groups excluding carboxylic acids is 1. The minimum absolute atomic E-state index is 0.0477. The molecule has 26 heavy (non-hydrogen) atoms. The van der Waals surface area contributed by atoms with Gasteiger partial charge < -0.3 is 9.30 Å². The van der Waals surface area contributed by atoms with Crippen LogP contribution in [0.1, 0.15) is 24.2 Å². The molecule has 3 rings (SSSR count). The molecule has 0 bridgehead atoms. The van der Waals surface area contributed by atoms with E-state index in [1.807, 2.05) is 49.7 Å². The fourth-order valence-corrected chi connectivity index (χ4v) is 3.39. The van der Waals surface area contributed by atoms with E-state index in [0.717, 1.165) is 17.1 Å². The van der Waals surface area contributed by atoms with Crippen LogP contribution in [0.2, 0.25) is 0 Å². The van der Waals surface area contributed by atoms with E-state index in [1.54, 1.807) is 24.5 Å². The summed E-state index contributed by atoms with van der Waals surface area (Å²) in [6.45, 7) is 4.41. The van der Waals surface area contributed by atoms with Crippen LogP contribution < -0.4 is 4.74 Å². The second kappa shape index (κ2) is 8.14. The van der Waals surface area contributed by atoms with Crippen molar-refractivity contribution in [3.63, 3.8) is 0 Å². The van der Waals surface area contributed by atoms with Gasteiger partial charge in [-0.05, 0) is 50.2 Å². The van der Waals surface area contributed by atoms with Gasteiger partial charge >= 0.3 is 0 Å². The summed E-state index contributed by atoms with van der Waals surface area (Å²) in [4.78, 5) is 16.7. The molecule has 6 nitrogen and oxygen atoms in total. The Bertz CT molecular complexity index is 878. The number of carbonyl (C=O) groups is 1. The first-order valence-corrected chi connectivity index (χ1v) is 9.21. The molecule has 0 spiro atoms. The van der Waals surface area contributed by atoms with Gasteiger partial charge in [-0.25, -0.2) is 0 Å². The van der Waals surface area contributed by atoms with E-state index < -0.39 is 0 Å². The number of nitrogens with zero attached hydrogens (tertiary/aromatic N) is 4. The largest absolute Gasteiger partial charge is 0.494 e. The lowest BCUT2D eigenvalue weighted by Crippen LogP contribution is -2.14. The lowest BCUT2D eigenvalue weighted by atomic mass is 10.1. The van der Waals surface area contributed by atoms with Crippen LogP contribution in [-0.2, 0) is 7.05 Å². The Morgan fingerprint density at radius 1 is 1.15 bits per heavy atom. The molecule has 0 saturated heterocycles. The first-order chi connectivity index (χ1) is 12.6. The molecule has 0 unspecified atom stereocenters. The minimum Gasteiger partial charge on any atom is -0.494 e. The monoisotopic (exact) mass is 368 g/mol. The summed E-state index contributed by atoms with van der Waals surface area (Å²) in [7, 11) is 1.90. The number of ether oxygens (including phenoxy) is 1. The van der Waals surface area contributed by atoms with Crippen molar-refractivity contribution in [2.45, 2.75) is 24.3 Å². The van der Waals surface area contributed by atoms with E-state index in [2.05, 4.69) is 15.2 Å². The van der Waals surface area contributed by atoms with Crippen LogP contribution in [0.3, 0.4) is 0 Å². The Morgan fingerprint density at radius 3 is 2.50 bits per heavy atom. The summed E-state index contributed by atoms with van der Waals surface area (Å²) in [5.74, 6) is 1.56. The highest BCUT2D eigenvalue weighted by molar-refractivity contribution is 8.00. The van der Waals surface area contributed by atoms with Crippen molar-refractivity contribution in [2.75, 3.05) is 6.61 Å². The summed E-state index contributed by atoms with van der Waals surface area (Å²) >= 11 is 1.40. The first-order valence-electron chi connectivity index (χ1n) is 8.33. The van der Waals surface area contributed by atoms with Gasteiger partial charge in [0.15, 0.2) is 16.8 Å². The van der Waals surface area contributed by atoms with Crippen LogP contribution in [0.5, 0.6) is 5.75 Å². The quantitative estimate of drug-likeness (QED) is 0.468. The number of benzene rings is 1. The highest BCUT2D eigenvalue weighted by Crippen LogP contribution is 2.27. The Labute approximate surface area is 156 Å². The molecule has 0 saturated carbocycles. The topological polar surface area (TPSA) is 69.9 Å². The van der Waals surface area contributed by atoms with E-state index in [1.165, 1.54) is 11.8 Å². The Morgan fingerprint density at radius 2 is 1.85 bits per heavy atom. The smallest absolute Gasteiger partial charge is 0.191 e. The number of pyridine rings is 1. The zero-order valence-corrected chi connectivity index (χ0v) is 15.7. The van der Waals surface area contributed by atoms with Crippen LogP contribution in [0.4, 0.5) is 0 Å². The van der Waals surface area contributed by atoms with Gasteiger partial charge in [-0.15, -0.1) is 10.2 Å². The highest BCUT2D eigenvalue weighted by Gasteiger charge is 2.20. The van der Waals surface area contributed by atoms with Gasteiger partial charge in [-0.3, -0.25) is 9.78 Å². The number of hydrogen-bond acceptors (Lipinski definition) is 6. The number of ketones is 1. The van der Waals surface area contributed by atoms with Gasteiger partial charge in [0, 0.05) is 30.6 Å². The molecule has 0 amide bonds. The molecule has 0 N–H and O–H groups in total. The first kappa shape index (κ1) is 18.1. The third-order valence-corrected chi connectivity index (χ3v) is 5.01. The standard InChI is InChI=1S/C19H20N4O2S/c1-4-25-16-7-5-14(6-8-16)17(24)13(2)26-19-22-21-18(23(19)3)15-9-11-20-12-10-15/h5-13H,4H2,1-3H3/t13-/m1/s1. The van der Waals surface area contributed by atoms with Gasteiger partial charge in [0.25, 0.3) is 0 Å². The van der Waals surface area contributed by atoms with Gasteiger partial charge in [0.05, 0.1) is 11.9 Å². The summed E-state index contributed by atoms with van der Waals surface area (Å²) in [5.41, 5.74) is 1.59. The lowest BCUT2D eigenvalue weighted by molar-refractivity contribution is 0.0994. The molecular weight excluding hydrogens is 348 g/mol. The van der Waals surface area contributed by atoms with Crippen LogP contribution in [0.15, 0.2) is 53.9 Å². The average Bonchev–Trinajstić information content (AvgIpc) is 3.03. The number of rotatable bonds is 7. The van der Waals surface area contributed by atoms with Gasteiger partial charge in [0.1, 0.15) is 5.75 Å². The molecule has 2 aromatic heterocycles. The third-order valence-electron chi connectivity index (χ3n) is 3.87. The second-order valence-electron chi connectivity index (χ2n) is 5.68. The van der Waals surface area contributed by atoms with Crippen LogP contribution >= 0.6 is 11.8 Å². The zero-order chi connectivity index (χ0) is 18.5. The van der Waals surface area contributed by atoms with E-state index in [9.17, 15) is 4.79 Å². The number of Topliss-reactive ketones (excluding diaryl/α,β-unsaturated/α-hetero) is 1. The SMILES string of the molecule is CCOc1ccc(C(=O)[C@@H](C)Sc2nnc(-c3ccncc3)n2C)cc1.